The van der Waals surface area contributed by atoms with Crippen LogP contribution in [0, 0.1) is 5.82 Å². The molecule has 4 aromatic carbocycles. The third-order valence-electron chi connectivity index (χ3n) is 5.71. The van der Waals surface area contributed by atoms with Gasteiger partial charge in [-0.15, -0.1) is 0 Å². The molecule has 0 bridgehead atoms. The molecule has 2 N–H and O–H groups in total. The molecule has 168 valence electrons. The van der Waals surface area contributed by atoms with Crippen LogP contribution >= 0.6 is 0 Å². The third-order valence-corrected chi connectivity index (χ3v) is 5.71. The van der Waals surface area contributed by atoms with E-state index in [2.05, 4.69) is 20.4 Å². The standard InChI is InChI=1S/C28H23FN4O/c29-23-14-12-20(13-15-23)18-33-19-22(25-9-3-4-11-27(25)33)16-31-32-28(34)17-30-26-10-5-7-21-6-1-2-8-24(21)26/h1-16,19,30H,17-18H2,(H,32,34)/b31-16-. The topological polar surface area (TPSA) is 58.4 Å². The van der Waals surface area contributed by atoms with Crippen molar-refractivity contribution in [1.82, 2.24) is 9.99 Å². The second-order valence-corrected chi connectivity index (χ2v) is 8.03. The van der Waals surface area contributed by atoms with E-state index in [1.54, 1.807) is 18.3 Å². The summed E-state index contributed by atoms with van der Waals surface area (Å²) >= 11 is 0. The van der Waals surface area contributed by atoms with Crippen LogP contribution < -0.4 is 10.7 Å². The van der Waals surface area contributed by atoms with E-state index in [1.165, 1.54) is 12.1 Å². The van der Waals surface area contributed by atoms with Gasteiger partial charge < -0.3 is 9.88 Å². The highest BCUT2D eigenvalue weighted by Crippen LogP contribution is 2.23. The lowest BCUT2D eigenvalue weighted by molar-refractivity contribution is -0.119. The van der Waals surface area contributed by atoms with Crippen LogP contribution in [0.15, 0.2) is 102 Å². The van der Waals surface area contributed by atoms with Crippen molar-refractivity contribution in [2.45, 2.75) is 6.54 Å². The SMILES string of the molecule is O=C(CNc1cccc2ccccc12)N/N=C\c1cn(Cc2ccc(F)cc2)c2ccccc12. The van der Waals surface area contributed by atoms with Crippen molar-refractivity contribution in [1.29, 1.82) is 0 Å². The lowest BCUT2D eigenvalue weighted by atomic mass is 10.1. The van der Waals surface area contributed by atoms with Crippen molar-refractivity contribution in [3.05, 3.63) is 114 Å². The van der Waals surface area contributed by atoms with Gasteiger partial charge in [-0.3, -0.25) is 4.79 Å². The van der Waals surface area contributed by atoms with Crippen LogP contribution in [-0.4, -0.2) is 23.2 Å². The molecule has 0 unspecified atom stereocenters. The highest BCUT2D eigenvalue weighted by molar-refractivity contribution is 6.00. The Labute approximate surface area is 196 Å². The smallest absolute Gasteiger partial charge is 0.259 e. The number of nitrogens with zero attached hydrogens (tertiary/aromatic N) is 2. The molecule has 0 atom stereocenters. The highest BCUT2D eigenvalue weighted by Gasteiger charge is 2.08. The largest absolute Gasteiger partial charge is 0.376 e. The Morgan fingerprint density at radius 2 is 1.62 bits per heavy atom. The first-order valence-electron chi connectivity index (χ1n) is 11.0. The quantitative estimate of drug-likeness (QED) is 0.253. The van der Waals surface area contributed by atoms with Gasteiger partial charge in [-0.25, -0.2) is 9.82 Å². The van der Waals surface area contributed by atoms with Gasteiger partial charge in [0.1, 0.15) is 5.82 Å². The Balaban J connectivity index is 1.26. The van der Waals surface area contributed by atoms with Gasteiger partial charge >= 0.3 is 0 Å². The van der Waals surface area contributed by atoms with Crippen molar-refractivity contribution in [2.24, 2.45) is 5.10 Å². The van der Waals surface area contributed by atoms with E-state index in [-0.39, 0.29) is 18.3 Å². The summed E-state index contributed by atoms with van der Waals surface area (Å²) < 4.78 is 15.3. The van der Waals surface area contributed by atoms with Gasteiger partial charge in [0.2, 0.25) is 0 Å². The van der Waals surface area contributed by atoms with Crippen molar-refractivity contribution < 1.29 is 9.18 Å². The molecule has 5 rings (SSSR count). The first-order valence-corrected chi connectivity index (χ1v) is 11.0. The van der Waals surface area contributed by atoms with Gasteiger partial charge in [0.25, 0.3) is 5.91 Å². The molecular formula is C28H23FN4O. The summed E-state index contributed by atoms with van der Waals surface area (Å²) in [6.07, 6.45) is 3.64. The Morgan fingerprint density at radius 1 is 0.882 bits per heavy atom. The van der Waals surface area contributed by atoms with E-state index >= 15 is 0 Å². The predicted octanol–water partition coefficient (Wildman–Crippen LogP) is 5.54. The first-order chi connectivity index (χ1) is 16.7. The minimum absolute atomic E-state index is 0.109. The number of hydrazone groups is 1. The van der Waals surface area contributed by atoms with E-state index in [4.69, 9.17) is 0 Å². The van der Waals surface area contributed by atoms with E-state index in [0.717, 1.165) is 38.5 Å². The maximum atomic E-state index is 13.2. The maximum absolute atomic E-state index is 13.2. The normalized spacial score (nSPS) is 11.3. The summed E-state index contributed by atoms with van der Waals surface area (Å²) in [5, 5.41) is 10.6. The number of nitrogens with one attached hydrogen (secondary N) is 2. The molecule has 0 aliphatic heterocycles. The van der Waals surface area contributed by atoms with Crippen LogP contribution in [0.3, 0.4) is 0 Å². The number of halogens is 1. The minimum atomic E-state index is -0.250. The van der Waals surface area contributed by atoms with Crippen LogP contribution in [0.4, 0.5) is 10.1 Å². The third kappa shape index (κ3) is 4.66. The minimum Gasteiger partial charge on any atom is -0.376 e. The van der Waals surface area contributed by atoms with Gasteiger partial charge in [-0.1, -0.05) is 66.7 Å². The summed E-state index contributed by atoms with van der Waals surface area (Å²) in [6.45, 7) is 0.716. The van der Waals surface area contributed by atoms with Crippen molar-refractivity contribution in [3.8, 4) is 0 Å². The number of aromatic nitrogens is 1. The average Bonchev–Trinajstić information content (AvgIpc) is 3.21. The van der Waals surface area contributed by atoms with Gasteiger partial charge in [0.15, 0.2) is 0 Å². The van der Waals surface area contributed by atoms with Crippen LogP contribution in [0.5, 0.6) is 0 Å². The number of rotatable bonds is 7. The van der Waals surface area contributed by atoms with E-state index in [9.17, 15) is 9.18 Å². The fourth-order valence-electron chi connectivity index (χ4n) is 4.06. The number of hydrogen-bond donors (Lipinski definition) is 2. The molecule has 0 fully saturated rings. The second-order valence-electron chi connectivity index (χ2n) is 8.03. The van der Waals surface area contributed by atoms with E-state index in [1.807, 2.05) is 72.9 Å². The maximum Gasteiger partial charge on any atom is 0.259 e. The van der Waals surface area contributed by atoms with E-state index in [0.29, 0.717) is 6.54 Å². The molecule has 0 radical (unpaired) electrons. The molecular weight excluding hydrogens is 427 g/mol. The molecule has 6 heteroatoms. The van der Waals surface area contributed by atoms with Crippen LogP contribution in [-0.2, 0) is 11.3 Å². The number of carbonyl (C=O) groups excluding carboxylic acids is 1. The first kappa shape index (κ1) is 21.4. The number of para-hydroxylation sites is 1. The highest BCUT2D eigenvalue weighted by atomic mass is 19.1. The van der Waals surface area contributed by atoms with Crippen molar-refractivity contribution in [2.75, 3.05) is 11.9 Å². The molecule has 0 aliphatic rings. The Morgan fingerprint density at radius 3 is 2.47 bits per heavy atom. The summed E-state index contributed by atoms with van der Waals surface area (Å²) in [7, 11) is 0. The zero-order valence-electron chi connectivity index (χ0n) is 18.4. The predicted molar refractivity (Wildman–Crippen MR) is 136 cm³/mol. The average molecular weight is 451 g/mol. The second kappa shape index (κ2) is 9.58. The summed E-state index contributed by atoms with van der Waals surface area (Å²) in [5.74, 6) is -0.487. The van der Waals surface area contributed by atoms with Gasteiger partial charge in [0, 0.05) is 40.3 Å². The Kier molecular flexibility index (Phi) is 6.03. The zero-order valence-corrected chi connectivity index (χ0v) is 18.4. The number of benzene rings is 4. The summed E-state index contributed by atoms with van der Waals surface area (Å²) in [4.78, 5) is 12.4. The molecule has 1 amide bonds. The Bertz CT molecular complexity index is 1480. The number of amides is 1. The number of hydrogen-bond acceptors (Lipinski definition) is 3. The fraction of sp³-hybridized carbons (Fsp3) is 0.0714. The number of anilines is 1. The summed E-state index contributed by atoms with van der Waals surface area (Å²) in [6, 6.07) is 28.5. The molecule has 5 aromatic rings. The van der Waals surface area contributed by atoms with Gasteiger partial charge in [-0.05, 0) is 35.2 Å². The van der Waals surface area contributed by atoms with Gasteiger partial charge in [-0.2, -0.15) is 5.10 Å². The fourth-order valence-corrected chi connectivity index (χ4v) is 4.06. The molecule has 5 nitrogen and oxygen atoms in total. The number of fused-ring (bicyclic) bond motifs is 2. The molecule has 1 heterocycles. The van der Waals surface area contributed by atoms with Crippen molar-refractivity contribution in [3.63, 3.8) is 0 Å². The molecule has 0 spiro atoms. The Hall–Kier alpha value is -4.45. The molecule has 1 aromatic heterocycles. The zero-order chi connectivity index (χ0) is 23.3. The summed E-state index contributed by atoms with van der Waals surface area (Å²) in [5.41, 5.74) is 6.43. The van der Waals surface area contributed by atoms with Crippen molar-refractivity contribution >= 4 is 39.5 Å². The molecule has 0 aliphatic carbocycles. The number of carbonyl (C=O) groups is 1. The van der Waals surface area contributed by atoms with E-state index < -0.39 is 0 Å². The lowest BCUT2D eigenvalue weighted by Gasteiger charge is -2.08. The molecule has 34 heavy (non-hydrogen) atoms. The van der Waals surface area contributed by atoms with Gasteiger partial charge in [0.05, 0.1) is 12.8 Å². The van der Waals surface area contributed by atoms with Crippen LogP contribution in [0.2, 0.25) is 0 Å². The van der Waals surface area contributed by atoms with Crippen LogP contribution in [0.25, 0.3) is 21.7 Å². The molecule has 0 saturated carbocycles. The molecule has 0 saturated heterocycles. The lowest BCUT2D eigenvalue weighted by Crippen LogP contribution is -2.25. The monoisotopic (exact) mass is 450 g/mol. The van der Waals surface area contributed by atoms with Crippen LogP contribution in [0.1, 0.15) is 11.1 Å².